The van der Waals surface area contributed by atoms with E-state index in [0.717, 1.165) is 36.2 Å². The van der Waals surface area contributed by atoms with Gasteiger partial charge in [-0.25, -0.2) is 0 Å². The van der Waals surface area contributed by atoms with Crippen LogP contribution >= 0.6 is 0 Å². The van der Waals surface area contributed by atoms with Crippen LogP contribution in [0.1, 0.15) is 44.1 Å². The Morgan fingerprint density at radius 2 is 1.91 bits per heavy atom. The third kappa shape index (κ3) is 1.94. The summed E-state index contributed by atoms with van der Waals surface area (Å²) >= 11 is 0. The fourth-order valence-corrected chi connectivity index (χ4v) is 5.96. The minimum Gasteiger partial charge on any atom is -0.370 e. The van der Waals surface area contributed by atoms with Crippen LogP contribution < -0.4 is 0 Å². The van der Waals surface area contributed by atoms with Gasteiger partial charge in [0.25, 0.3) is 0 Å². The molecule has 0 heterocycles. The first-order chi connectivity index (χ1) is 10.8. The van der Waals surface area contributed by atoms with Crippen LogP contribution in [0.25, 0.3) is 0 Å². The van der Waals surface area contributed by atoms with Gasteiger partial charge in [0.1, 0.15) is 0 Å². The molecule has 1 aromatic rings. The fraction of sp³-hybridized carbons (Fsp3) is 0.619. The van der Waals surface area contributed by atoms with Crippen molar-refractivity contribution in [1.82, 2.24) is 0 Å². The Bertz CT molecular complexity index is 577. The van der Waals surface area contributed by atoms with E-state index in [1.807, 2.05) is 0 Å². The summed E-state index contributed by atoms with van der Waals surface area (Å²) in [6.45, 7) is 0.976. The Morgan fingerprint density at radius 3 is 2.55 bits per heavy atom. The summed E-state index contributed by atoms with van der Waals surface area (Å²) in [5.41, 5.74) is 1.48. The van der Waals surface area contributed by atoms with Crippen molar-refractivity contribution in [3.05, 3.63) is 48.0 Å². The Balaban J connectivity index is 1.39. The van der Waals surface area contributed by atoms with E-state index in [-0.39, 0.29) is 5.60 Å². The molecule has 0 aromatic heterocycles. The summed E-state index contributed by atoms with van der Waals surface area (Å²) in [5, 5.41) is 0. The van der Waals surface area contributed by atoms with Gasteiger partial charge in [0.2, 0.25) is 0 Å². The number of hydrogen-bond donors (Lipinski definition) is 0. The molecule has 5 rings (SSSR count). The topological polar surface area (TPSA) is 9.23 Å². The molecular formula is C21H26O. The molecule has 6 atom stereocenters. The molecule has 3 fully saturated rings. The second kappa shape index (κ2) is 4.96. The van der Waals surface area contributed by atoms with Crippen molar-refractivity contribution in [1.29, 1.82) is 0 Å². The largest absolute Gasteiger partial charge is 0.370 e. The van der Waals surface area contributed by atoms with E-state index in [0.29, 0.717) is 0 Å². The molecule has 1 heteroatoms. The summed E-state index contributed by atoms with van der Waals surface area (Å²) in [7, 11) is 0. The van der Waals surface area contributed by atoms with Crippen molar-refractivity contribution >= 4 is 0 Å². The molecule has 0 N–H and O–H groups in total. The highest BCUT2D eigenvalue weighted by molar-refractivity contribution is 5.27. The van der Waals surface area contributed by atoms with E-state index in [2.05, 4.69) is 42.5 Å². The van der Waals surface area contributed by atoms with Gasteiger partial charge in [0, 0.05) is 0 Å². The van der Waals surface area contributed by atoms with E-state index in [1.165, 1.54) is 44.1 Å². The van der Waals surface area contributed by atoms with Crippen LogP contribution in [0, 0.1) is 29.6 Å². The van der Waals surface area contributed by atoms with E-state index >= 15 is 0 Å². The second-order valence-corrected chi connectivity index (χ2v) is 8.19. The standard InChI is InChI=1S/C21H26O/c1-2-4-19(5-3-1)21(13-16-7-9-20(21)12-16)22-14-18-11-15-6-8-17(18)10-15/h1-6,8,15-18,20H,7,9-14H2. The first-order valence-corrected chi connectivity index (χ1v) is 9.21. The van der Waals surface area contributed by atoms with E-state index in [9.17, 15) is 0 Å². The van der Waals surface area contributed by atoms with Gasteiger partial charge >= 0.3 is 0 Å². The SMILES string of the molecule is C1=CC2CC1CC2COC1(c2ccccc2)CC2CCC1C2. The molecule has 4 aliphatic carbocycles. The quantitative estimate of drug-likeness (QED) is 0.715. The summed E-state index contributed by atoms with van der Waals surface area (Å²) in [5.74, 6) is 4.09. The summed E-state index contributed by atoms with van der Waals surface area (Å²) < 4.78 is 6.81. The lowest BCUT2D eigenvalue weighted by Crippen LogP contribution is -2.37. The van der Waals surface area contributed by atoms with Gasteiger partial charge in [-0.15, -0.1) is 0 Å². The molecule has 1 aromatic carbocycles. The molecule has 0 spiro atoms. The highest BCUT2D eigenvalue weighted by Gasteiger charge is 2.53. The highest BCUT2D eigenvalue weighted by Crippen LogP contribution is 2.58. The Morgan fingerprint density at radius 1 is 1.00 bits per heavy atom. The average molecular weight is 294 g/mol. The number of allylic oxidation sites excluding steroid dienone is 2. The maximum absolute atomic E-state index is 6.81. The summed E-state index contributed by atoms with van der Waals surface area (Å²) in [6.07, 6.45) is 13.1. The zero-order valence-electron chi connectivity index (χ0n) is 13.3. The molecule has 3 saturated carbocycles. The lowest BCUT2D eigenvalue weighted by Gasteiger charge is -2.39. The van der Waals surface area contributed by atoms with Gasteiger partial charge < -0.3 is 4.74 Å². The first-order valence-electron chi connectivity index (χ1n) is 9.21. The van der Waals surface area contributed by atoms with Crippen LogP contribution in [0.2, 0.25) is 0 Å². The number of hydrogen-bond acceptors (Lipinski definition) is 1. The van der Waals surface area contributed by atoms with Gasteiger partial charge in [-0.1, -0.05) is 42.5 Å². The number of benzene rings is 1. The predicted molar refractivity (Wildman–Crippen MR) is 88.4 cm³/mol. The van der Waals surface area contributed by atoms with E-state index in [4.69, 9.17) is 4.74 Å². The molecule has 22 heavy (non-hydrogen) atoms. The Labute approximate surface area is 133 Å². The molecule has 116 valence electrons. The molecule has 0 radical (unpaired) electrons. The zero-order valence-corrected chi connectivity index (χ0v) is 13.3. The first kappa shape index (κ1) is 13.4. The van der Waals surface area contributed by atoms with Gasteiger partial charge in [-0.3, -0.25) is 0 Å². The molecule has 1 nitrogen and oxygen atoms in total. The zero-order chi connectivity index (χ0) is 14.6. The van der Waals surface area contributed by atoms with Crippen molar-refractivity contribution in [2.75, 3.05) is 6.61 Å². The Kier molecular flexibility index (Phi) is 3.01. The minimum absolute atomic E-state index is 0.0374. The molecule has 0 aliphatic heterocycles. The molecular weight excluding hydrogens is 268 g/mol. The lowest BCUT2D eigenvalue weighted by atomic mass is 9.78. The second-order valence-electron chi connectivity index (χ2n) is 8.19. The summed E-state index contributed by atoms with van der Waals surface area (Å²) in [6, 6.07) is 11.1. The van der Waals surface area contributed by atoms with Crippen LogP contribution in [-0.2, 0) is 10.3 Å². The maximum Gasteiger partial charge on any atom is 0.0962 e. The van der Waals surface area contributed by atoms with Crippen LogP contribution in [0.15, 0.2) is 42.5 Å². The number of ether oxygens (including phenoxy) is 1. The third-order valence-electron chi connectivity index (χ3n) is 7.03. The third-order valence-corrected chi connectivity index (χ3v) is 7.03. The summed E-state index contributed by atoms with van der Waals surface area (Å²) in [4.78, 5) is 0. The van der Waals surface area contributed by atoms with Crippen molar-refractivity contribution in [2.24, 2.45) is 29.6 Å². The van der Waals surface area contributed by atoms with Crippen LogP contribution in [-0.4, -0.2) is 6.61 Å². The molecule has 4 aliphatic rings. The Hall–Kier alpha value is -1.08. The van der Waals surface area contributed by atoms with Crippen LogP contribution in [0.5, 0.6) is 0 Å². The van der Waals surface area contributed by atoms with Crippen molar-refractivity contribution in [3.8, 4) is 0 Å². The fourth-order valence-electron chi connectivity index (χ4n) is 5.96. The van der Waals surface area contributed by atoms with Crippen LogP contribution in [0.3, 0.4) is 0 Å². The normalized spacial score (nSPS) is 45.0. The molecule has 4 bridgehead atoms. The van der Waals surface area contributed by atoms with Gasteiger partial charge in [-0.2, -0.15) is 0 Å². The van der Waals surface area contributed by atoms with Gasteiger partial charge in [0.05, 0.1) is 12.2 Å². The van der Waals surface area contributed by atoms with Gasteiger partial charge in [0.15, 0.2) is 0 Å². The number of fused-ring (bicyclic) bond motifs is 4. The molecule has 0 amide bonds. The maximum atomic E-state index is 6.81. The van der Waals surface area contributed by atoms with Crippen LogP contribution in [0.4, 0.5) is 0 Å². The molecule has 6 unspecified atom stereocenters. The van der Waals surface area contributed by atoms with Crippen molar-refractivity contribution in [3.63, 3.8) is 0 Å². The van der Waals surface area contributed by atoms with Crippen molar-refractivity contribution in [2.45, 2.75) is 44.1 Å². The molecule has 0 saturated heterocycles. The predicted octanol–water partition coefficient (Wildman–Crippen LogP) is 4.93. The lowest BCUT2D eigenvalue weighted by molar-refractivity contribution is -0.104. The average Bonchev–Trinajstić information content (AvgIpc) is 3.33. The highest BCUT2D eigenvalue weighted by atomic mass is 16.5. The van der Waals surface area contributed by atoms with E-state index < -0.39 is 0 Å². The smallest absolute Gasteiger partial charge is 0.0962 e. The number of rotatable bonds is 4. The van der Waals surface area contributed by atoms with Gasteiger partial charge in [-0.05, 0) is 73.7 Å². The minimum atomic E-state index is 0.0374. The van der Waals surface area contributed by atoms with Crippen molar-refractivity contribution < 1.29 is 4.74 Å². The van der Waals surface area contributed by atoms with E-state index in [1.54, 1.807) is 0 Å². The monoisotopic (exact) mass is 294 g/mol.